The molecule has 3 rings (SSSR count). The number of carbonyl (C=O) groups is 3. The lowest BCUT2D eigenvalue weighted by Crippen LogP contribution is -2.59. The van der Waals surface area contributed by atoms with Crippen molar-refractivity contribution in [2.45, 2.75) is 117 Å². The van der Waals surface area contributed by atoms with Crippen LogP contribution in [-0.2, 0) is 42.8 Å². The zero-order valence-electron chi connectivity index (χ0n) is 32.9. The number of ether oxygens (including phenoxy) is 6. The number of aliphatic hydroxyl groups excluding tert-OH is 12. The minimum Gasteiger partial charge on any atom is -0.394 e. The van der Waals surface area contributed by atoms with Gasteiger partial charge in [-0.05, 0) is 19.4 Å². The molecule has 3 fully saturated rings. The van der Waals surface area contributed by atoms with E-state index in [1.807, 2.05) is 0 Å². The third kappa shape index (κ3) is 14.9. The Morgan fingerprint density at radius 2 is 0.883 bits per heavy atom. The molecule has 3 aliphatic heterocycles. The van der Waals surface area contributed by atoms with Gasteiger partial charge >= 0.3 is 0 Å². The Morgan fingerprint density at radius 3 is 1.22 bits per heavy atom. The van der Waals surface area contributed by atoms with Crippen molar-refractivity contribution in [3.05, 3.63) is 0 Å². The molecule has 17 N–H and O–H groups in total. The molecule has 26 heteroatoms. The van der Waals surface area contributed by atoms with Crippen LogP contribution in [0, 0.1) is 0 Å². The Labute approximate surface area is 344 Å². The molecular formula is C34H63N5O21. The highest BCUT2D eigenvalue weighted by atomic mass is 16.7. The summed E-state index contributed by atoms with van der Waals surface area (Å²) >= 11 is 0. The van der Waals surface area contributed by atoms with Gasteiger partial charge in [-0.1, -0.05) is 6.42 Å². The fourth-order valence-corrected chi connectivity index (χ4v) is 6.53. The lowest BCUT2D eigenvalue weighted by Gasteiger charge is -2.39. The standard InChI is InChI=1S/C34H63N5O21/c35-4-2-1-3-16(31(54)38-7-10-57-34-30(53)27(50)24(47)19(15-42)60-34)39(11-20(43)36-5-8-55-32-28(51)25(48)22(45)17(13-40)58-32)12-21(44)37-6-9-56-33-29(52)26(49)23(46)18(14-41)59-33/h16-19,22-30,32-34,40-42,45-53H,1-15,35H2,(H,36,43)(H,37,44)(H,38,54)/t16-,17-,18-,19-,22-,23-,24-,25+,26+,27+,28+,29+,30+,32+,33+,34+/m1/s1. The van der Waals surface area contributed by atoms with Crippen LogP contribution in [0.4, 0.5) is 0 Å². The SMILES string of the molecule is NCCCC[C@H](C(=O)NCCO[C@H]1O[C@H](CO)[C@@H](O)[C@H](O)[C@@H]1O)N(CC(=O)NCCO[C@H]1O[C@H](CO)[C@@H](O)[C@H](O)[C@@H]1O)CC(=O)NCCO[C@H]1O[C@H](CO)[C@@H](O)[C@H](O)[C@@H]1O. The number of hydrogen-bond acceptors (Lipinski definition) is 23. The first kappa shape index (κ1) is 52.0. The highest BCUT2D eigenvalue weighted by Crippen LogP contribution is 2.24. The van der Waals surface area contributed by atoms with Crippen LogP contribution in [0.1, 0.15) is 19.3 Å². The summed E-state index contributed by atoms with van der Waals surface area (Å²) in [7, 11) is 0. The van der Waals surface area contributed by atoms with Gasteiger partial charge in [0, 0.05) is 19.6 Å². The second-order valence-electron chi connectivity index (χ2n) is 14.4. The first-order valence-corrected chi connectivity index (χ1v) is 19.6. The smallest absolute Gasteiger partial charge is 0.237 e. The van der Waals surface area contributed by atoms with Crippen molar-refractivity contribution in [2.75, 3.05) is 78.9 Å². The predicted molar refractivity (Wildman–Crippen MR) is 196 cm³/mol. The Morgan fingerprint density at radius 1 is 0.533 bits per heavy atom. The molecule has 60 heavy (non-hydrogen) atoms. The van der Waals surface area contributed by atoms with Crippen LogP contribution >= 0.6 is 0 Å². The number of amides is 3. The number of unbranched alkanes of at least 4 members (excludes halogenated alkanes) is 1. The van der Waals surface area contributed by atoms with Gasteiger partial charge in [-0.15, -0.1) is 0 Å². The summed E-state index contributed by atoms with van der Waals surface area (Å²) in [6.07, 6.45) is -22.0. The minimum absolute atomic E-state index is 0.109. The first-order chi connectivity index (χ1) is 28.6. The van der Waals surface area contributed by atoms with Crippen molar-refractivity contribution < 1.29 is 104 Å². The molecule has 3 aliphatic rings. The maximum absolute atomic E-state index is 13.7. The van der Waals surface area contributed by atoms with E-state index in [9.17, 15) is 75.7 Å². The maximum atomic E-state index is 13.7. The summed E-state index contributed by atoms with van der Waals surface area (Å²) in [4.78, 5) is 41.4. The average Bonchev–Trinajstić information content (AvgIpc) is 3.23. The average molecular weight is 878 g/mol. The molecule has 0 unspecified atom stereocenters. The molecule has 0 aromatic heterocycles. The fourth-order valence-electron chi connectivity index (χ4n) is 6.53. The van der Waals surface area contributed by atoms with E-state index in [1.165, 1.54) is 4.90 Å². The summed E-state index contributed by atoms with van der Waals surface area (Å²) < 4.78 is 32.1. The normalized spacial score (nSPS) is 35.2. The molecule has 0 spiro atoms. The minimum atomic E-state index is -1.69. The van der Waals surface area contributed by atoms with Gasteiger partial charge in [0.25, 0.3) is 0 Å². The van der Waals surface area contributed by atoms with Crippen molar-refractivity contribution in [2.24, 2.45) is 5.73 Å². The van der Waals surface area contributed by atoms with Crippen LogP contribution in [-0.4, -0.2) is 261 Å². The van der Waals surface area contributed by atoms with E-state index in [0.29, 0.717) is 12.8 Å². The highest BCUT2D eigenvalue weighted by Gasteiger charge is 2.46. The van der Waals surface area contributed by atoms with E-state index >= 15 is 0 Å². The first-order valence-electron chi connectivity index (χ1n) is 19.6. The Balaban J connectivity index is 1.64. The maximum Gasteiger partial charge on any atom is 0.237 e. The molecule has 0 aliphatic carbocycles. The molecular weight excluding hydrogens is 814 g/mol. The van der Waals surface area contributed by atoms with Crippen LogP contribution in [0.25, 0.3) is 0 Å². The molecule has 0 radical (unpaired) electrons. The van der Waals surface area contributed by atoms with Crippen molar-refractivity contribution in [3.63, 3.8) is 0 Å². The summed E-state index contributed by atoms with van der Waals surface area (Å²) in [5.41, 5.74) is 5.68. The predicted octanol–water partition coefficient (Wildman–Crippen LogP) is -10.4. The zero-order chi connectivity index (χ0) is 44.5. The quantitative estimate of drug-likeness (QED) is 0.0379. The second kappa shape index (κ2) is 26.3. The summed E-state index contributed by atoms with van der Waals surface area (Å²) in [5, 5.41) is 127. The molecule has 26 nitrogen and oxygen atoms in total. The van der Waals surface area contributed by atoms with E-state index in [2.05, 4.69) is 16.0 Å². The lowest BCUT2D eigenvalue weighted by atomic mass is 9.99. The molecule has 0 bridgehead atoms. The monoisotopic (exact) mass is 877 g/mol. The molecule has 0 saturated carbocycles. The van der Waals surface area contributed by atoms with Gasteiger partial charge in [-0.2, -0.15) is 0 Å². The molecule has 3 saturated heterocycles. The van der Waals surface area contributed by atoms with Gasteiger partial charge in [0.2, 0.25) is 17.7 Å². The third-order valence-electron chi connectivity index (χ3n) is 10.0. The largest absolute Gasteiger partial charge is 0.394 e. The van der Waals surface area contributed by atoms with Crippen molar-refractivity contribution in [1.29, 1.82) is 0 Å². The van der Waals surface area contributed by atoms with Crippen LogP contribution in [0.2, 0.25) is 0 Å². The number of carbonyl (C=O) groups excluding carboxylic acids is 3. The van der Waals surface area contributed by atoms with E-state index in [0.717, 1.165) is 0 Å². The highest BCUT2D eigenvalue weighted by molar-refractivity contribution is 5.86. The zero-order valence-corrected chi connectivity index (χ0v) is 32.9. The number of nitrogens with zero attached hydrogens (tertiary/aromatic N) is 1. The molecule has 16 atom stereocenters. The molecule has 3 heterocycles. The van der Waals surface area contributed by atoms with Crippen molar-refractivity contribution >= 4 is 17.7 Å². The van der Waals surface area contributed by atoms with Gasteiger partial charge in [0.15, 0.2) is 18.9 Å². The van der Waals surface area contributed by atoms with Gasteiger partial charge < -0.3 is 111 Å². The fraction of sp³-hybridized carbons (Fsp3) is 0.912. The van der Waals surface area contributed by atoms with Crippen molar-refractivity contribution in [3.8, 4) is 0 Å². The summed E-state index contributed by atoms with van der Waals surface area (Å²) in [5.74, 6) is -2.02. The van der Waals surface area contributed by atoms with Crippen LogP contribution in [0.15, 0.2) is 0 Å². The van der Waals surface area contributed by atoms with E-state index in [-0.39, 0.29) is 52.4 Å². The van der Waals surface area contributed by atoms with Crippen molar-refractivity contribution in [1.82, 2.24) is 20.9 Å². The van der Waals surface area contributed by atoms with Gasteiger partial charge in [-0.3, -0.25) is 19.3 Å². The molecule has 0 aromatic rings. The van der Waals surface area contributed by atoms with Gasteiger partial charge in [0.1, 0.15) is 73.2 Å². The number of aliphatic hydroxyl groups is 12. The molecule has 350 valence electrons. The summed E-state index contributed by atoms with van der Waals surface area (Å²) in [6.45, 7) is -4.26. The van der Waals surface area contributed by atoms with Crippen LogP contribution in [0.5, 0.6) is 0 Å². The molecule has 3 amide bonds. The van der Waals surface area contributed by atoms with E-state index in [4.69, 9.17) is 34.2 Å². The summed E-state index contributed by atoms with van der Waals surface area (Å²) in [6, 6.07) is -1.13. The Bertz CT molecular complexity index is 1220. The van der Waals surface area contributed by atoms with E-state index in [1.54, 1.807) is 0 Å². The number of rotatable bonds is 25. The number of nitrogens with one attached hydrogen (secondary N) is 3. The third-order valence-corrected chi connectivity index (χ3v) is 10.0. The second-order valence-corrected chi connectivity index (χ2v) is 14.4. The van der Waals surface area contributed by atoms with Gasteiger partial charge in [0.05, 0.1) is 58.8 Å². The number of hydrogen-bond donors (Lipinski definition) is 16. The lowest BCUT2D eigenvalue weighted by molar-refractivity contribution is -0.300. The van der Waals surface area contributed by atoms with Gasteiger partial charge in [-0.25, -0.2) is 0 Å². The topological polar surface area (TPSA) is 415 Å². The Kier molecular flexibility index (Phi) is 22.8. The van der Waals surface area contributed by atoms with Crippen LogP contribution in [0.3, 0.4) is 0 Å². The van der Waals surface area contributed by atoms with E-state index < -0.39 is 149 Å². The Hall–Kier alpha value is -2.39. The van der Waals surface area contributed by atoms with Crippen LogP contribution < -0.4 is 21.7 Å². The molecule has 0 aromatic carbocycles. The number of nitrogens with two attached hydrogens (primary N) is 1.